The van der Waals surface area contributed by atoms with Crippen molar-refractivity contribution in [1.82, 2.24) is 9.97 Å². The number of anilines is 2. The molecule has 2 aromatic rings. The van der Waals surface area contributed by atoms with Gasteiger partial charge in [-0.1, -0.05) is 36.2 Å². The van der Waals surface area contributed by atoms with E-state index in [0.29, 0.717) is 33.4 Å². The standard InChI is InChI=1S/C19H22Cl2N4O/c1-3-13-7-4-5-10-25(13)19-22-12(2)11-16(23-19)18(26)24-17-14(20)8-6-9-15(17)21/h6,8-9,11,13H,3-5,7,10H2,1-2H3,(H,24,26). The van der Waals surface area contributed by atoms with Crippen LogP contribution in [0.4, 0.5) is 11.6 Å². The average molecular weight is 393 g/mol. The number of nitrogens with one attached hydrogen (secondary N) is 1. The lowest BCUT2D eigenvalue weighted by Gasteiger charge is -2.35. The Labute approximate surface area is 163 Å². The third-order valence-electron chi connectivity index (χ3n) is 4.63. The molecule has 1 aliphatic rings. The number of para-hydroxylation sites is 1. The number of halogens is 2. The summed E-state index contributed by atoms with van der Waals surface area (Å²) in [6.07, 6.45) is 4.50. The predicted octanol–water partition coefficient (Wildman–Crippen LogP) is 5.11. The highest BCUT2D eigenvalue weighted by molar-refractivity contribution is 6.40. The number of carbonyl (C=O) groups is 1. The average Bonchev–Trinajstić information content (AvgIpc) is 2.64. The van der Waals surface area contributed by atoms with Gasteiger partial charge in [0.2, 0.25) is 5.95 Å². The van der Waals surface area contributed by atoms with Crippen LogP contribution in [-0.4, -0.2) is 28.5 Å². The van der Waals surface area contributed by atoms with E-state index in [4.69, 9.17) is 23.2 Å². The molecule has 1 atom stereocenters. The van der Waals surface area contributed by atoms with E-state index in [2.05, 4.69) is 27.1 Å². The highest BCUT2D eigenvalue weighted by Gasteiger charge is 2.24. The Balaban J connectivity index is 1.88. The molecule has 5 nitrogen and oxygen atoms in total. The van der Waals surface area contributed by atoms with Crippen LogP contribution in [0, 0.1) is 6.92 Å². The van der Waals surface area contributed by atoms with Crippen molar-refractivity contribution < 1.29 is 4.79 Å². The lowest BCUT2D eigenvalue weighted by atomic mass is 10.0. The van der Waals surface area contributed by atoms with Crippen LogP contribution in [0.3, 0.4) is 0 Å². The maximum atomic E-state index is 12.7. The van der Waals surface area contributed by atoms with Crippen molar-refractivity contribution in [2.24, 2.45) is 0 Å². The highest BCUT2D eigenvalue weighted by atomic mass is 35.5. The number of amides is 1. The number of piperidine rings is 1. The van der Waals surface area contributed by atoms with Gasteiger partial charge in [0.25, 0.3) is 5.91 Å². The second-order valence-electron chi connectivity index (χ2n) is 6.50. The summed E-state index contributed by atoms with van der Waals surface area (Å²) in [5.41, 5.74) is 1.46. The number of nitrogens with zero attached hydrogens (tertiary/aromatic N) is 3. The summed E-state index contributed by atoms with van der Waals surface area (Å²) >= 11 is 12.3. The van der Waals surface area contributed by atoms with Crippen LogP contribution in [0.5, 0.6) is 0 Å². The van der Waals surface area contributed by atoms with E-state index in [1.54, 1.807) is 24.3 Å². The van der Waals surface area contributed by atoms with Gasteiger partial charge in [-0.15, -0.1) is 0 Å². The molecule has 26 heavy (non-hydrogen) atoms. The van der Waals surface area contributed by atoms with Gasteiger partial charge in [-0.25, -0.2) is 9.97 Å². The molecule has 1 aliphatic heterocycles. The van der Waals surface area contributed by atoms with Crippen molar-refractivity contribution in [3.8, 4) is 0 Å². The molecule has 0 saturated carbocycles. The lowest BCUT2D eigenvalue weighted by molar-refractivity contribution is 0.102. The van der Waals surface area contributed by atoms with Gasteiger partial charge in [0.1, 0.15) is 5.69 Å². The van der Waals surface area contributed by atoms with Gasteiger partial charge < -0.3 is 10.2 Å². The molecule has 1 fully saturated rings. The van der Waals surface area contributed by atoms with Gasteiger partial charge in [-0.05, 0) is 50.8 Å². The van der Waals surface area contributed by atoms with Gasteiger partial charge in [-0.3, -0.25) is 4.79 Å². The molecular weight excluding hydrogens is 371 g/mol. The summed E-state index contributed by atoms with van der Waals surface area (Å²) in [7, 11) is 0. The van der Waals surface area contributed by atoms with E-state index < -0.39 is 0 Å². The zero-order chi connectivity index (χ0) is 18.7. The van der Waals surface area contributed by atoms with Gasteiger partial charge in [0, 0.05) is 18.3 Å². The number of rotatable bonds is 4. The topological polar surface area (TPSA) is 58.1 Å². The van der Waals surface area contributed by atoms with Gasteiger partial charge in [0.15, 0.2) is 0 Å². The molecule has 2 heterocycles. The molecule has 1 unspecified atom stereocenters. The van der Waals surface area contributed by atoms with Crippen LogP contribution in [0.25, 0.3) is 0 Å². The molecule has 1 aromatic heterocycles. The van der Waals surface area contributed by atoms with E-state index >= 15 is 0 Å². The lowest BCUT2D eigenvalue weighted by Crippen LogP contribution is -2.40. The molecule has 0 radical (unpaired) electrons. The van der Waals surface area contributed by atoms with Crippen LogP contribution < -0.4 is 10.2 Å². The van der Waals surface area contributed by atoms with Crippen molar-refractivity contribution in [1.29, 1.82) is 0 Å². The zero-order valence-corrected chi connectivity index (χ0v) is 16.4. The number of aryl methyl sites for hydroxylation is 1. The normalized spacial score (nSPS) is 17.2. The molecule has 138 valence electrons. The van der Waals surface area contributed by atoms with Crippen molar-refractivity contribution in [2.75, 3.05) is 16.8 Å². The zero-order valence-electron chi connectivity index (χ0n) is 14.9. The first kappa shape index (κ1) is 18.9. The summed E-state index contributed by atoms with van der Waals surface area (Å²) in [6, 6.07) is 7.18. The minimum absolute atomic E-state index is 0.309. The summed E-state index contributed by atoms with van der Waals surface area (Å²) in [5.74, 6) is 0.267. The van der Waals surface area contributed by atoms with E-state index in [9.17, 15) is 4.79 Å². The summed E-state index contributed by atoms with van der Waals surface area (Å²) in [6.45, 7) is 4.96. The Bertz CT molecular complexity index is 792. The number of benzene rings is 1. The Kier molecular flexibility index (Phi) is 5.99. The summed E-state index contributed by atoms with van der Waals surface area (Å²) in [5, 5.41) is 3.54. The Morgan fingerprint density at radius 1 is 1.27 bits per heavy atom. The second-order valence-corrected chi connectivity index (χ2v) is 7.31. The molecule has 0 spiro atoms. The third-order valence-corrected chi connectivity index (χ3v) is 5.26. The van der Waals surface area contributed by atoms with Crippen LogP contribution >= 0.6 is 23.2 Å². The molecule has 0 aliphatic carbocycles. The maximum Gasteiger partial charge on any atom is 0.274 e. The van der Waals surface area contributed by atoms with Crippen molar-refractivity contribution in [3.63, 3.8) is 0 Å². The molecule has 1 N–H and O–H groups in total. The van der Waals surface area contributed by atoms with E-state index in [1.807, 2.05) is 6.92 Å². The minimum Gasteiger partial charge on any atom is -0.338 e. The first-order chi connectivity index (χ1) is 12.5. The molecular formula is C19H22Cl2N4O. The fourth-order valence-electron chi connectivity index (χ4n) is 3.28. The first-order valence-corrected chi connectivity index (χ1v) is 9.63. The molecule has 3 rings (SSSR count). The fraction of sp³-hybridized carbons (Fsp3) is 0.421. The molecule has 1 saturated heterocycles. The second kappa shape index (κ2) is 8.23. The van der Waals surface area contributed by atoms with E-state index in [-0.39, 0.29) is 5.91 Å². The van der Waals surface area contributed by atoms with Crippen LogP contribution in [0.2, 0.25) is 10.0 Å². The number of hydrogen-bond donors (Lipinski definition) is 1. The van der Waals surface area contributed by atoms with Crippen molar-refractivity contribution in [2.45, 2.75) is 45.6 Å². The van der Waals surface area contributed by atoms with Gasteiger partial charge in [0.05, 0.1) is 15.7 Å². The Morgan fingerprint density at radius 2 is 2.00 bits per heavy atom. The monoisotopic (exact) mass is 392 g/mol. The number of carbonyl (C=O) groups excluding carboxylic acids is 1. The third kappa shape index (κ3) is 4.10. The Hall–Kier alpha value is -1.85. The molecule has 7 heteroatoms. The van der Waals surface area contributed by atoms with E-state index in [1.165, 1.54) is 6.42 Å². The molecule has 1 aromatic carbocycles. The summed E-state index contributed by atoms with van der Waals surface area (Å²) < 4.78 is 0. The van der Waals surface area contributed by atoms with Crippen LogP contribution in [0.1, 0.15) is 48.8 Å². The number of aromatic nitrogens is 2. The largest absolute Gasteiger partial charge is 0.338 e. The van der Waals surface area contributed by atoms with E-state index in [0.717, 1.165) is 31.5 Å². The van der Waals surface area contributed by atoms with Crippen molar-refractivity contribution >= 4 is 40.7 Å². The molecule has 0 bridgehead atoms. The SMILES string of the molecule is CCC1CCCCN1c1nc(C)cc(C(=O)Nc2c(Cl)cccc2Cl)n1. The smallest absolute Gasteiger partial charge is 0.274 e. The Morgan fingerprint density at radius 3 is 2.69 bits per heavy atom. The van der Waals surface area contributed by atoms with Gasteiger partial charge in [-0.2, -0.15) is 0 Å². The highest BCUT2D eigenvalue weighted by Crippen LogP contribution is 2.30. The van der Waals surface area contributed by atoms with Crippen LogP contribution in [0.15, 0.2) is 24.3 Å². The summed E-state index contributed by atoms with van der Waals surface area (Å²) in [4.78, 5) is 24.0. The maximum absolute atomic E-state index is 12.7. The predicted molar refractivity (Wildman–Crippen MR) is 106 cm³/mol. The van der Waals surface area contributed by atoms with Crippen LogP contribution in [-0.2, 0) is 0 Å². The quantitative estimate of drug-likeness (QED) is 0.784. The fourth-order valence-corrected chi connectivity index (χ4v) is 3.77. The first-order valence-electron chi connectivity index (χ1n) is 8.87. The molecule has 1 amide bonds. The van der Waals surface area contributed by atoms with Gasteiger partial charge >= 0.3 is 0 Å². The minimum atomic E-state index is -0.350. The van der Waals surface area contributed by atoms with Crippen molar-refractivity contribution in [3.05, 3.63) is 45.7 Å². The number of hydrogen-bond acceptors (Lipinski definition) is 4.